The molecule has 0 atom stereocenters. The lowest BCUT2D eigenvalue weighted by Gasteiger charge is -2.13. The number of amides is 1. The highest BCUT2D eigenvalue weighted by atomic mass is 16.5. The topological polar surface area (TPSA) is 68.8 Å². The first-order valence-corrected chi connectivity index (χ1v) is 9.61. The molecule has 0 heterocycles. The van der Waals surface area contributed by atoms with Crippen LogP contribution < -0.4 is 24.8 Å². The number of nitrogens with one attached hydrogen (secondary N) is 2. The van der Waals surface area contributed by atoms with Gasteiger partial charge in [0.05, 0.1) is 14.2 Å². The Morgan fingerprint density at radius 3 is 2.37 bits per heavy atom. The molecule has 1 amide bonds. The van der Waals surface area contributed by atoms with Crippen molar-refractivity contribution in [2.75, 3.05) is 31.5 Å². The average Bonchev–Trinajstić information content (AvgIpc) is 2.77. The first-order chi connectivity index (χ1) is 14.6. The van der Waals surface area contributed by atoms with Crippen molar-refractivity contribution in [1.82, 2.24) is 0 Å². The van der Waals surface area contributed by atoms with E-state index in [1.165, 1.54) is 0 Å². The van der Waals surface area contributed by atoms with E-state index in [0.717, 1.165) is 28.3 Å². The first kappa shape index (κ1) is 21.0. The van der Waals surface area contributed by atoms with Crippen LogP contribution in [0.15, 0.2) is 66.7 Å². The molecule has 0 aliphatic carbocycles. The molecule has 0 fully saturated rings. The van der Waals surface area contributed by atoms with E-state index in [4.69, 9.17) is 14.2 Å². The molecule has 6 heteroatoms. The third-order valence-corrected chi connectivity index (χ3v) is 4.48. The fourth-order valence-electron chi connectivity index (χ4n) is 2.92. The molecule has 3 rings (SSSR count). The maximum atomic E-state index is 12.2. The summed E-state index contributed by atoms with van der Waals surface area (Å²) in [5.41, 5.74) is 3.84. The Hall–Kier alpha value is -3.67. The average molecular weight is 406 g/mol. The Bertz CT molecular complexity index is 987. The molecular weight excluding hydrogens is 380 g/mol. The van der Waals surface area contributed by atoms with Crippen LogP contribution in [0, 0.1) is 6.92 Å². The Morgan fingerprint density at radius 2 is 1.67 bits per heavy atom. The molecule has 0 saturated heterocycles. The summed E-state index contributed by atoms with van der Waals surface area (Å²) in [5, 5.41) is 6.17. The van der Waals surface area contributed by atoms with E-state index in [1.54, 1.807) is 14.2 Å². The van der Waals surface area contributed by atoms with Gasteiger partial charge in [-0.3, -0.25) is 4.79 Å². The van der Waals surface area contributed by atoms with Crippen LogP contribution in [0.2, 0.25) is 0 Å². The minimum atomic E-state index is -0.229. The Labute approximate surface area is 176 Å². The van der Waals surface area contributed by atoms with Gasteiger partial charge in [0, 0.05) is 17.9 Å². The summed E-state index contributed by atoms with van der Waals surface area (Å²) in [6.07, 6.45) is 0. The number of rotatable bonds is 9. The molecule has 3 aromatic rings. The van der Waals surface area contributed by atoms with Crippen molar-refractivity contribution >= 4 is 17.3 Å². The van der Waals surface area contributed by atoms with E-state index < -0.39 is 0 Å². The lowest BCUT2D eigenvalue weighted by molar-refractivity contribution is -0.118. The van der Waals surface area contributed by atoms with Gasteiger partial charge >= 0.3 is 0 Å². The third kappa shape index (κ3) is 5.91. The molecule has 0 bridgehead atoms. The molecule has 30 heavy (non-hydrogen) atoms. The number of ether oxygens (including phenoxy) is 3. The standard InChI is InChI=1S/C24H26N2O4/c1-17-5-4-6-20(13-17)26-24(27)16-30-22-12-7-18(14-23(22)29-3)15-25-19-8-10-21(28-2)11-9-19/h4-14,25H,15-16H2,1-3H3,(H,26,27). The summed E-state index contributed by atoms with van der Waals surface area (Å²) in [7, 11) is 3.22. The van der Waals surface area contributed by atoms with Gasteiger partial charge in [-0.2, -0.15) is 0 Å². The molecule has 0 aromatic heterocycles. The molecule has 6 nitrogen and oxygen atoms in total. The molecule has 0 saturated carbocycles. The van der Waals surface area contributed by atoms with Gasteiger partial charge in [-0.25, -0.2) is 0 Å². The van der Waals surface area contributed by atoms with Crippen LogP contribution in [0.5, 0.6) is 17.2 Å². The predicted molar refractivity (Wildman–Crippen MR) is 119 cm³/mol. The highest BCUT2D eigenvalue weighted by molar-refractivity contribution is 5.91. The number of benzene rings is 3. The van der Waals surface area contributed by atoms with E-state index in [1.807, 2.05) is 73.7 Å². The quantitative estimate of drug-likeness (QED) is 0.542. The summed E-state index contributed by atoms with van der Waals surface area (Å²) in [5.74, 6) is 1.68. The SMILES string of the molecule is COc1ccc(NCc2ccc(OCC(=O)Nc3cccc(C)c3)c(OC)c2)cc1. The molecule has 0 aliphatic heterocycles. The number of hydrogen-bond acceptors (Lipinski definition) is 5. The van der Waals surface area contributed by atoms with Crippen molar-refractivity contribution < 1.29 is 19.0 Å². The normalized spacial score (nSPS) is 10.2. The summed E-state index contributed by atoms with van der Waals surface area (Å²) in [6.45, 7) is 2.49. The van der Waals surface area contributed by atoms with Gasteiger partial charge < -0.3 is 24.8 Å². The smallest absolute Gasteiger partial charge is 0.262 e. The number of carbonyl (C=O) groups excluding carboxylic acids is 1. The van der Waals surface area contributed by atoms with Gasteiger partial charge in [-0.15, -0.1) is 0 Å². The van der Waals surface area contributed by atoms with Gasteiger partial charge in [0.15, 0.2) is 18.1 Å². The molecule has 3 aromatic carbocycles. The maximum absolute atomic E-state index is 12.2. The maximum Gasteiger partial charge on any atom is 0.262 e. The Balaban J connectivity index is 1.56. The van der Waals surface area contributed by atoms with E-state index in [9.17, 15) is 4.79 Å². The van der Waals surface area contributed by atoms with Gasteiger partial charge in [-0.05, 0) is 66.6 Å². The second-order valence-electron chi connectivity index (χ2n) is 6.77. The van der Waals surface area contributed by atoms with E-state index in [2.05, 4.69) is 10.6 Å². The van der Waals surface area contributed by atoms with Crippen molar-refractivity contribution in [3.8, 4) is 17.2 Å². The molecule has 0 unspecified atom stereocenters. The van der Waals surface area contributed by atoms with Crippen molar-refractivity contribution in [3.05, 3.63) is 77.9 Å². The van der Waals surface area contributed by atoms with E-state index >= 15 is 0 Å². The van der Waals surface area contributed by atoms with E-state index in [0.29, 0.717) is 18.0 Å². The summed E-state index contributed by atoms with van der Waals surface area (Å²) in [6, 6.07) is 21.0. The van der Waals surface area contributed by atoms with Crippen LogP contribution in [-0.2, 0) is 11.3 Å². The lowest BCUT2D eigenvalue weighted by atomic mass is 10.2. The van der Waals surface area contributed by atoms with Crippen LogP contribution in [0.1, 0.15) is 11.1 Å². The van der Waals surface area contributed by atoms with Crippen LogP contribution in [-0.4, -0.2) is 26.7 Å². The lowest BCUT2D eigenvalue weighted by Crippen LogP contribution is -2.20. The monoisotopic (exact) mass is 406 g/mol. The zero-order chi connectivity index (χ0) is 21.3. The van der Waals surface area contributed by atoms with E-state index in [-0.39, 0.29) is 12.5 Å². The van der Waals surface area contributed by atoms with Gasteiger partial charge in [0.1, 0.15) is 5.75 Å². The molecule has 156 valence electrons. The first-order valence-electron chi connectivity index (χ1n) is 9.61. The second-order valence-corrected chi connectivity index (χ2v) is 6.77. The molecule has 0 aliphatic rings. The van der Waals surface area contributed by atoms with Crippen LogP contribution in [0.4, 0.5) is 11.4 Å². The minimum absolute atomic E-state index is 0.103. The Kier molecular flexibility index (Phi) is 7.16. The zero-order valence-corrected chi connectivity index (χ0v) is 17.4. The van der Waals surface area contributed by atoms with Crippen molar-refractivity contribution in [2.24, 2.45) is 0 Å². The highest BCUT2D eigenvalue weighted by Gasteiger charge is 2.09. The number of methoxy groups -OCH3 is 2. The van der Waals surface area contributed by atoms with Gasteiger partial charge in [0.2, 0.25) is 0 Å². The number of anilines is 2. The fourth-order valence-corrected chi connectivity index (χ4v) is 2.92. The fraction of sp³-hybridized carbons (Fsp3) is 0.208. The summed E-state index contributed by atoms with van der Waals surface area (Å²) in [4.78, 5) is 12.2. The minimum Gasteiger partial charge on any atom is -0.497 e. The van der Waals surface area contributed by atoms with Crippen molar-refractivity contribution in [1.29, 1.82) is 0 Å². The Morgan fingerprint density at radius 1 is 0.867 bits per heavy atom. The summed E-state index contributed by atoms with van der Waals surface area (Å²) < 4.78 is 16.3. The van der Waals surface area contributed by atoms with Crippen LogP contribution in [0.3, 0.4) is 0 Å². The van der Waals surface area contributed by atoms with Crippen molar-refractivity contribution in [2.45, 2.75) is 13.5 Å². The molecule has 0 spiro atoms. The molecule has 2 N–H and O–H groups in total. The number of hydrogen-bond donors (Lipinski definition) is 2. The van der Waals surface area contributed by atoms with Gasteiger partial charge in [0.25, 0.3) is 5.91 Å². The third-order valence-electron chi connectivity index (χ3n) is 4.48. The number of carbonyl (C=O) groups is 1. The number of aryl methyl sites for hydroxylation is 1. The largest absolute Gasteiger partial charge is 0.497 e. The van der Waals surface area contributed by atoms with Crippen LogP contribution in [0.25, 0.3) is 0 Å². The second kappa shape index (κ2) is 10.2. The molecular formula is C24H26N2O4. The highest BCUT2D eigenvalue weighted by Crippen LogP contribution is 2.28. The zero-order valence-electron chi connectivity index (χ0n) is 17.4. The van der Waals surface area contributed by atoms with Gasteiger partial charge in [-0.1, -0.05) is 18.2 Å². The van der Waals surface area contributed by atoms with Crippen LogP contribution >= 0.6 is 0 Å². The predicted octanol–water partition coefficient (Wildman–Crippen LogP) is 4.64. The summed E-state index contributed by atoms with van der Waals surface area (Å²) >= 11 is 0. The molecule has 0 radical (unpaired) electrons. The van der Waals surface area contributed by atoms with Crippen molar-refractivity contribution in [3.63, 3.8) is 0 Å².